The Morgan fingerprint density at radius 2 is 1.33 bits per heavy atom. The molecule has 0 radical (unpaired) electrons. The topological polar surface area (TPSA) is 273 Å². The second-order valence-electron chi connectivity index (χ2n) is 19.4. The van der Waals surface area contributed by atoms with Gasteiger partial charge >= 0.3 is 5.97 Å². The molecule has 0 amide bonds. The van der Waals surface area contributed by atoms with E-state index >= 15 is 0 Å². The van der Waals surface area contributed by atoms with Gasteiger partial charge in [-0.3, -0.25) is 0 Å². The fourth-order valence-electron chi connectivity index (χ4n) is 12.8. The van der Waals surface area contributed by atoms with Crippen LogP contribution < -0.4 is 0 Å². The number of fused-ring (bicyclic) bond motifs is 5. The number of cyclic esters (lactones) is 1. The summed E-state index contributed by atoms with van der Waals surface area (Å²) in [6.45, 7) is 5.52. The van der Waals surface area contributed by atoms with Gasteiger partial charge in [0.15, 0.2) is 18.9 Å². The SMILES string of the molecule is CO[C@H]1[C@@H](O)[C@H](OC[C@H]2O[C@@H](OC[C@@H]3O[C@H](O[C@H]4CC[C@]5(C)[C@@H](CC[C@H]6[C@H]5CC[C@@]5(C)[C@H](C7=CC(=O)OC7)CC[C@]65O)C4)[C@@H](O)[C@H](O)[C@H]3O)[C@H](O)[C@H](O)[C@@H]2O)O[C@@H](C)[C@H]1O. The predicted octanol–water partition coefficient (Wildman–Crippen LogP) is -1.24. The highest BCUT2D eigenvalue weighted by atomic mass is 16.7. The van der Waals surface area contributed by atoms with E-state index in [4.69, 9.17) is 37.9 Å². The second kappa shape index (κ2) is 17.2. The van der Waals surface area contributed by atoms with E-state index in [9.17, 15) is 50.8 Å². The molecule has 0 aromatic heterocycles. The lowest BCUT2D eigenvalue weighted by Gasteiger charge is -2.64. The molecule has 4 saturated carbocycles. The van der Waals surface area contributed by atoms with Crippen LogP contribution in [0.1, 0.15) is 78.6 Å². The van der Waals surface area contributed by atoms with Crippen LogP contribution in [-0.2, 0) is 42.7 Å². The Morgan fingerprint density at radius 3 is 1.97 bits per heavy atom. The van der Waals surface area contributed by atoms with Gasteiger partial charge in [-0.25, -0.2) is 4.79 Å². The highest BCUT2D eigenvalue weighted by molar-refractivity contribution is 5.85. The number of carbonyl (C=O) groups excluding carboxylic acids is 1. The predicted molar refractivity (Wildman–Crippen MR) is 203 cm³/mol. The Kier molecular flexibility index (Phi) is 12.9. The van der Waals surface area contributed by atoms with Crippen molar-refractivity contribution in [2.75, 3.05) is 26.9 Å². The maximum absolute atomic E-state index is 12.6. The molecule has 18 nitrogen and oxygen atoms in total. The molecule has 9 N–H and O–H groups in total. The summed E-state index contributed by atoms with van der Waals surface area (Å²) in [7, 11) is 1.32. The summed E-state index contributed by atoms with van der Waals surface area (Å²) >= 11 is 0. The quantitative estimate of drug-likeness (QED) is 0.0918. The van der Waals surface area contributed by atoms with Crippen molar-refractivity contribution in [3.8, 4) is 0 Å². The molecule has 342 valence electrons. The van der Waals surface area contributed by atoms with E-state index in [2.05, 4.69) is 13.8 Å². The molecule has 8 aliphatic rings. The summed E-state index contributed by atoms with van der Waals surface area (Å²) in [4.78, 5) is 11.9. The van der Waals surface area contributed by atoms with Gasteiger partial charge in [0, 0.05) is 18.6 Å². The van der Waals surface area contributed by atoms with Gasteiger partial charge in [0.1, 0.15) is 73.8 Å². The third-order valence-electron chi connectivity index (χ3n) is 16.5. The molecule has 23 atom stereocenters. The van der Waals surface area contributed by atoms with E-state index in [1.54, 1.807) is 13.0 Å². The fourth-order valence-corrected chi connectivity index (χ4v) is 12.8. The van der Waals surface area contributed by atoms with Gasteiger partial charge in [0.05, 0.1) is 31.0 Å². The molecule has 0 aromatic rings. The van der Waals surface area contributed by atoms with E-state index in [1.807, 2.05) is 0 Å². The highest BCUT2D eigenvalue weighted by Gasteiger charge is 2.68. The summed E-state index contributed by atoms with van der Waals surface area (Å²) < 4.78 is 45.6. The zero-order valence-corrected chi connectivity index (χ0v) is 34.8. The maximum Gasteiger partial charge on any atom is 0.331 e. The number of hydrogen-bond donors (Lipinski definition) is 9. The summed E-state index contributed by atoms with van der Waals surface area (Å²) in [5.41, 5.74) is -0.197. The van der Waals surface area contributed by atoms with Gasteiger partial charge in [-0.15, -0.1) is 0 Å². The van der Waals surface area contributed by atoms with Gasteiger partial charge < -0.3 is 83.9 Å². The number of ether oxygens (including phenoxy) is 8. The first kappa shape index (κ1) is 45.1. The first-order valence-electron chi connectivity index (χ1n) is 21.8. The number of rotatable bonds is 10. The minimum Gasteiger partial charge on any atom is -0.458 e. The van der Waals surface area contributed by atoms with Crippen LogP contribution >= 0.6 is 0 Å². The highest BCUT2D eigenvalue weighted by Crippen LogP contribution is 2.70. The zero-order valence-electron chi connectivity index (χ0n) is 34.8. The minimum absolute atomic E-state index is 0.0415. The second-order valence-corrected chi connectivity index (χ2v) is 19.4. The number of methoxy groups -OCH3 is 1. The van der Waals surface area contributed by atoms with E-state index < -0.39 is 111 Å². The molecule has 3 saturated heterocycles. The van der Waals surface area contributed by atoms with Crippen LogP contribution in [0.25, 0.3) is 0 Å². The van der Waals surface area contributed by atoms with Crippen molar-refractivity contribution in [2.45, 2.75) is 182 Å². The lowest BCUT2D eigenvalue weighted by molar-refractivity contribution is -0.345. The average Bonchev–Trinajstić information content (AvgIpc) is 3.77. The molecule has 0 aromatic carbocycles. The largest absolute Gasteiger partial charge is 0.458 e. The smallest absolute Gasteiger partial charge is 0.331 e. The third-order valence-corrected chi connectivity index (χ3v) is 16.5. The molecule has 4 aliphatic heterocycles. The summed E-state index contributed by atoms with van der Waals surface area (Å²) in [6, 6.07) is 0. The van der Waals surface area contributed by atoms with Crippen LogP contribution in [-0.4, -0.2) is 183 Å². The van der Waals surface area contributed by atoms with Crippen LogP contribution in [0.5, 0.6) is 0 Å². The Hall–Kier alpha value is -1.43. The van der Waals surface area contributed by atoms with Crippen molar-refractivity contribution in [3.63, 3.8) is 0 Å². The van der Waals surface area contributed by atoms with Gasteiger partial charge in [-0.05, 0) is 99.4 Å². The Morgan fingerprint density at radius 1 is 0.700 bits per heavy atom. The Balaban J connectivity index is 0.864. The zero-order chi connectivity index (χ0) is 43.1. The third kappa shape index (κ3) is 7.60. The van der Waals surface area contributed by atoms with Crippen LogP contribution in [0.4, 0.5) is 0 Å². The molecule has 8 rings (SSSR count). The van der Waals surface area contributed by atoms with Gasteiger partial charge in [0.2, 0.25) is 0 Å². The van der Waals surface area contributed by atoms with Crippen LogP contribution in [0.15, 0.2) is 11.6 Å². The number of esters is 1. The normalized spacial score (nSPS) is 54.4. The average molecular weight is 859 g/mol. The summed E-state index contributed by atoms with van der Waals surface area (Å²) in [5.74, 6) is 0.561. The molecular weight excluding hydrogens is 792 g/mol. The fraction of sp³-hybridized carbons (Fsp3) is 0.929. The van der Waals surface area contributed by atoms with Crippen LogP contribution in [0, 0.1) is 34.5 Å². The van der Waals surface area contributed by atoms with Crippen molar-refractivity contribution in [1.29, 1.82) is 0 Å². The molecule has 0 bridgehead atoms. The van der Waals surface area contributed by atoms with E-state index in [1.165, 1.54) is 7.11 Å². The Bertz CT molecular complexity index is 1570. The van der Waals surface area contributed by atoms with Crippen LogP contribution in [0.3, 0.4) is 0 Å². The van der Waals surface area contributed by atoms with E-state index in [0.717, 1.165) is 44.1 Å². The molecule has 60 heavy (non-hydrogen) atoms. The summed E-state index contributed by atoms with van der Waals surface area (Å²) in [5, 5.41) is 98.3. The van der Waals surface area contributed by atoms with E-state index in [0.29, 0.717) is 31.8 Å². The molecule has 4 heterocycles. The standard InChI is InChI=1S/C42H66O18/c1-18-28(44)36(53-4)35(51)38(57-18)56-16-25-29(45)31(47)33(49)37(59-25)55-17-26-30(46)32(48)34(50)39(60-26)58-21-7-10-40(2)20(14-21)5-6-24-23(40)8-11-41(3)22(9-12-42(24,41)52)19-13-27(43)54-15-19/h13,18,20-26,28-39,44-52H,5-12,14-17H2,1-4H3/t18-,20-,21-,22-,23+,24-,25+,26-,28+,29+,30-,31+,32+,33+,34-,35+,36+,37+,38+,39-,40+,41-,42-/m0/s1. The molecule has 4 aliphatic carbocycles. The monoisotopic (exact) mass is 858 g/mol. The number of carbonyl (C=O) groups is 1. The molecule has 0 spiro atoms. The molecule has 7 fully saturated rings. The number of aliphatic hydroxyl groups is 9. The van der Waals surface area contributed by atoms with Crippen molar-refractivity contribution < 1.29 is 88.6 Å². The van der Waals surface area contributed by atoms with Crippen molar-refractivity contribution in [2.24, 2.45) is 34.5 Å². The Labute approximate surface area is 349 Å². The molecule has 18 heteroatoms. The van der Waals surface area contributed by atoms with Crippen LogP contribution in [0.2, 0.25) is 0 Å². The summed E-state index contributed by atoms with van der Waals surface area (Å²) in [6.07, 6.45) is -12.3. The van der Waals surface area contributed by atoms with Crippen molar-refractivity contribution in [3.05, 3.63) is 11.6 Å². The van der Waals surface area contributed by atoms with Gasteiger partial charge in [0.25, 0.3) is 0 Å². The van der Waals surface area contributed by atoms with Gasteiger partial charge in [-0.1, -0.05) is 13.8 Å². The minimum atomic E-state index is -1.75. The first-order chi connectivity index (χ1) is 28.4. The number of aliphatic hydroxyl groups excluding tert-OH is 8. The lowest BCUT2D eigenvalue weighted by Crippen LogP contribution is -2.63. The van der Waals surface area contributed by atoms with Crippen molar-refractivity contribution >= 4 is 5.97 Å². The first-order valence-corrected chi connectivity index (χ1v) is 21.8. The molecular formula is C42H66O18. The van der Waals surface area contributed by atoms with Gasteiger partial charge in [-0.2, -0.15) is 0 Å². The van der Waals surface area contributed by atoms with E-state index in [-0.39, 0.29) is 40.7 Å². The molecule has 0 unspecified atom stereocenters. The number of hydrogen-bond acceptors (Lipinski definition) is 18. The van der Waals surface area contributed by atoms with Crippen molar-refractivity contribution in [1.82, 2.24) is 0 Å². The lowest BCUT2D eigenvalue weighted by atomic mass is 9.43. The maximum atomic E-state index is 12.6.